The number of primary sulfonamides is 1. The van der Waals surface area contributed by atoms with E-state index in [1.165, 1.54) is 12.1 Å². The number of aromatic carboxylic acids is 1. The molecule has 0 aliphatic carbocycles. The smallest absolute Gasteiger partial charge is 0.337 e. The Morgan fingerprint density at radius 3 is 2.30 bits per heavy atom. The van der Waals surface area contributed by atoms with Crippen LogP contribution in [0.15, 0.2) is 23.1 Å². The van der Waals surface area contributed by atoms with Gasteiger partial charge in [0.1, 0.15) is 0 Å². The molecule has 0 heterocycles. The van der Waals surface area contributed by atoms with Crippen LogP contribution in [0.3, 0.4) is 0 Å². The maximum absolute atomic E-state index is 11.3. The van der Waals surface area contributed by atoms with E-state index in [1.807, 2.05) is 20.8 Å². The fourth-order valence-corrected chi connectivity index (χ4v) is 2.28. The van der Waals surface area contributed by atoms with Crippen LogP contribution in [0.25, 0.3) is 0 Å². The van der Waals surface area contributed by atoms with E-state index in [2.05, 4.69) is 5.32 Å². The SMILES string of the molecule is CCC(C)(CC)Nc1ccc(S(N)(=O)=O)cc1C(=O)O. The van der Waals surface area contributed by atoms with Crippen molar-refractivity contribution in [2.24, 2.45) is 5.14 Å². The molecule has 1 rings (SSSR count). The fraction of sp³-hybridized carbons (Fsp3) is 0.462. The van der Waals surface area contributed by atoms with Gasteiger partial charge in [0.25, 0.3) is 0 Å². The number of sulfonamides is 1. The molecule has 0 aliphatic rings. The molecule has 1 aromatic carbocycles. The fourth-order valence-electron chi connectivity index (χ4n) is 1.74. The molecule has 0 radical (unpaired) electrons. The third-order valence-corrected chi connectivity index (χ3v) is 4.46. The number of nitrogens with two attached hydrogens (primary N) is 1. The number of benzene rings is 1. The van der Waals surface area contributed by atoms with Crippen LogP contribution in [0.4, 0.5) is 5.69 Å². The zero-order valence-corrected chi connectivity index (χ0v) is 12.6. The maximum Gasteiger partial charge on any atom is 0.337 e. The number of hydrogen-bond acceptors (Lipinski definition) is 4. The van der Waals surface area contributed by atoms with Gasteiger partial charge in [-0.25, -0.2) is 18.4 Å². The van der Waals surface area contributed by atoms with Gasteiger partial charge in [-0.3, -0.25) is 0 Å². The summed E-state index contributed by atoms with van der Waals surface area (Å²) in [6, 6.07) is 3.81. The predicted octanol–water partition coefficient (Wildman–Crippen LogP) is 2.02. The van der Waals surface area contributed by atoms with E-state index in [9.17, 15) is 18.3 Å². The minimum atomic E-state index is -3.92. The van der Waals surface area contributed by atoms with Crippen molar-refractivity contribution in [1.82, 2.24) is 0 Å². The summed E-state index contributed by atoms with van der Waals surface area (Å²) >= 11 is 0. The Morgan fingerprint density at radius 1 is 1.35 bits per heavy atom. The van der Waals surface area contributed by atoms with Crippen LogP contribution in [0.5, 0.6) is 0 Å². The van der Waals surface area contributed by atoms with Gasteiger partial charge in [-0.1, -0.05) is 13.8 Å². The zero-order chi connectivity index (χ0) is 15.6. The lowest BCUT2D eigenvalue weighted by atomic mass is 9.94. The minimum Gasteiger partial charge on any atom is -0.478 e. The van der Waals surface area contributed by atoms with E-state index >= 15 is 0 Å². The Kier molecular flexibility index (Phi) is 4.77. The highest BCUT2D eigenvalue weighted by molar-refractivity contribution is 7.89. The molecule has 0 spiro atoms. The molecule has 112 valence electrons. The van der Waals surface area contributed by atoms with Gasteiger partial charge in [0, 0.05) is 11.2 Å². The van der Waals surface area contributed by atoms with Crippen LogP contribution < -0.4 is 10.5 Å². The summed E-state index contributed by atoms with van der Waals surface area (Å²) in [5, 5.41) is 17.4. The first kappa shape index (κ1) is 16.5. The topological polar surface area (TPSA) is 109 Å². The first-order valence-corrected chi connectivity index (χ1v) is 7.86. The Balaban J connectivity index is 3.32. The van der Waals surface area contributed by atoms with Crippen molar-refractivity contribution in [2.75, 3.05) is 5.32 Å². The van der Waals surface area contributed by atoms with E-state index in [0.717, 1.165) is 18.9 Å². The summed E-state index contributed by atoms with van der Waals surface area (Å²) in [6.45, 7) is 5.97. The van der Waals surface area contributed by atoms with Crippen LogP contribution in [0, 0.1) is 0 Å². The average molecular weight is 300 g/mol. The Hall–Kier alpha value is -1.60. The number of carboxylic acid groups (broad SMARTS) is 1. The van der Waals surface area contributed by atoms with Gasteiger partial charge < -0.3 is 10.4 Å². The van der Waals surface area contributed by atoms with Crippen molar-refractivity contribution in [3.63, 3.8) is 0 Å². The average Bonchev–Trinajstić information content (AvgIpc) is 2.37. The lowest BCUT2D eigenvalue weighted by Gasteiger charge is -2.30. The highest BCUT2D eigenvalue weighted by atomic mass is 32.2. The van der Waals surface area contributed by atoms with Crippen LogP contribution in [-0.2, 0) is 10.0 Å². The van der Waals surface area contributed by atoms with Crippen LogP contribution >= 0.6 is 0 Å². The molecule has 4 N–H and O–H groups in total. The van der Waals surface area contributed by atoms with Gasteiger partial charge in [0.2, 0.25) is 10.0 Å². The van der Waals surface area contributed by atoms with Gasteiger partial charge in [0.05, 0.1) is 10.5 Å². The molecule has 0 fully saturated rings. The number of nitrogens with one attached hydrogen (secondary N) is 1. The Morgan fingerprint density at radius 2 is 1.90 bits per heavy atom. The van der Waals surface area contributed by atoms with Crippen molar-refractivity contribution in [3.8, 4) is 0 Å². The van der Waals surface area contributed by atoms with Gasteiger partial charge in [0.15, 0.2) is 0 Å². The molecule has 0 aromatic heterocycles. The minimum absolute atomic E-state index is 0.107. The monoisotopic (exact) mass is 300 g/mol. The highest BCUT2D eigenvalue weighted by Crippen LogP contribution is 2.26. The van der Waals surface area contributed by atoms with E-state index in [0.29, 0.717) is 5.69 Å². The van der Waals surface area contributed by atoms with E-state index in [-0.39, 0.29) is 16.0 Å². The first-order chi connectivity index (χ1) is 9.13. The van der Waals surface area contributed by atoms with Crippen LogP contribution in [0.2, 0.25) is 0 Å². The molecule has 0 aliphatic heterocycles. The van der Waals surface area contributed by atoms with Crippen molar-refractivity contribution in [3.05, 3.63) is 23.8 Å². The molecule has 0 atom stereocenters. The second-order valence-electron chi connectivity index (χ2n) is 4.95. The summed E-state index contributed by atoms with van der Waals surface area (Å²) in [6.07, 6.45) is 1.61. The van der Waals surface area contributed by atoms with E-state index in [4.69, 9.17) is 5.14 Å². The van der Waals surface area contributed by atoms with Gasteiger partial charge in [-0.15, -0.1) is 0 Å². The second kappa shape index (κ2) is 5.80. The molecule has 0 bridgehead atoms. The van der Waals surface area contributed by atoms with Crippen molar-refractivity contribution < 1.29 is 18.3 Å². The molecular formula is C13H20N2O4S. The van der Waals surface area contributed by atoms with Crippen LogP contribution in [-0.4, -0.2) is 25.0 Å². The summed E-state index contributed by atoms with van der Waals surface area (Å²) in [7, 11) is -3.92. The summed E-state index contributed by atoms with van der Waals surface area (Å²) < 4.78 is 22.6. The predicted molar refractivity (Wildman–Crippen MR) is 77.4 cm³/mol. The van der Waals surface area contributed by atoms with Gasteiger partial charge in [-0.2, -0.15) is 0 Å². The quantitative estimate of drug-likeness (QED) is 0.744. The first-order valence-electron chi connectivity index (χ1n) is 6.31. The van der Waals surface area contributed by atoms with E-state index < -0.39 is 16.0 Å². The largest absolute Gasteiger partial charge is 0.478 e. The molecule has 0 amide bonds. The number of carboxylic acids is 1. The lowest BCUT2D eigenvalue weighted by molar-refractivity contribution is 0.0697. The molecule has 6 nitrogen and oxygen atoms in total. The number of rotatable bonds is 6. The van der Waals surface area contributed by atoms with Crippen molar-refractivity contribution >= 4 is 21.7 Å². The lowest BCUT2D eigenvalue weighted by Crippen LogP contribution is -2.33. The van der Waals surface area contributed by atoms with E-state index in [1.54, 1.807) is 0 Å². The molecule has 0 saturated heterocycles. The van der Waals surface area contributed by atoms with Crippen molar-refractivity contribution in [1.29, 1.82) is 0 Å². The number of hydrogen-bond donors (Lipinski definition) is 3. The maximum atomic E-state index is 11.3. The summed E-state index contributed by atoms with van der Waals surface area (Å²) in [4.78, 5) is 11.1. The van der Waals surface area contributed by atoms with Crippen molar-refractivity contribution in [2.45, 2.75) is 44.0 Å². The summed E-state index contributed by atoms with van der Waals surface area (Å²) in [5.74, 6) is -1.20. The Labute approximate surface area is 119 Å². The third kappa shape index (κ3) is 3.71. The molecule has 1 aromatic rings. The van der Waals surface area contributed by atoms with Gasteiger partial charge >= 0.3 is 5.97 Å². The van der Waals surface area contributed by atoms with Gasteiger partial charge in [-0.05, 0) is 38.0 Å². The molecular weight excluding hydrogens is 280 g/mol. The number of carbonyl (C=O) groups is 1. The molecule has 20 heavy (non-hydrogen) atoms. The molecule has 0 unspecified atom stereocenters. The molecule has 0 saturated carbocycles. The molecule has 7 heteroatoms. The normalized spacial score (nSPS) is 12.2. The Bertz CT molecular complexity index is 607. The summed E-state index contributed by atoms with van der Waals surface area (Å²) in [5.41, 5.74) is 0.0218. The zero-order valence-electron chi connectivity index (χ0n) is 11.8. The third-order valence-electron chi connectivity index (χ3n) is 3.55. The highest BCUT2D eigenvalue weighted by Gasteiger charge is 2.23. The van der Waals surface area contributed by atoms with Crippen LogP contribution in [0.1, 0.15) is 44.0 Å². The second-order valence-corrected chi connectivity index (χ2v) is 6.51. The number of anilines is 1. The standard InChI is InChI=1S/C13H20N2O4S/c1-4-13(3,5-2)15-11-7-6-9(20(14,18)19)8-10(11)12(16)17/h6-8,15H,4-5H2,1-3H3,(H,16,17)(H2,14,18,19).